The lowest BCUT2D eigenvalue weighted by Crippen LogP contribution is -1.96. The number of rotatable bonds is 6. The second-order valence-corrected chi connectivity index (χ2v) is 15.3. The Morgan fingerprint density at radius 2 is 0.933 bits per heavy atom. The maximum atomic E-state index is 7.10. The molecular formula is C56H35N3O. The number of hydrogen-bond acceptors (Lipinski definition) is 3. The molecule has 0 fully saturated rings. The number of nitrogens with zero attached hydrogens (tertiary/aromatic N) is 3. The fraction of sp³-hybridized carbons (Fsp3) is 0. The summed E-state index contributed by atoms with van der Waals surface area (Å²) in [6.45, 7) is 0. The number of para-hydroxylation sites is 3. The van der Waals surface area contributed by atoms with Gasteiger partial charge >= 0.3 is 0 Å². The minimum Gasteiger partial charge on any atom is -0.454 e. The Kier molecular flexibility index (Phi) is 7.82. The third-order valence-corrected chi connectivity index (χ3v) is 11.8. The number of fused-ring (bicyclic) bond motifs is 7. The quantitative estimate of drug-likeness (QED) is 0.169. The highest BCUT2D eigenvalue weighted by Crippen LogP contribution is 2.44. The molecule has 60 heavy (non-hydrogen) atoms. The first-order valence-electron chi connectivity index (χ1n) is 20.3. The topological polar surface area (TPSA) is 43.9 Å². The van der Waals surface area contributed by atoms with E-state index in [0.29, 0.717) is 5.82 Å². The molecule has 0 bridgehead atoms. The maximum Gasteiger partial charge on any atom is 0.161 e. The number of benzene rings is 9. The van der Waals surface area contributed by atoms with Crippen LogP contribution in [0.4, 0.5) is 0 Å². The molecule has 12 rings (SSSR count). The van der Waals surface area contributed by atoms with E-state index in [-0.39, 0.29) is 0 Å². The van der Waals surface area contributed by atoms with Crippen LogP contribution >= 0.6 is 0 Å². The predicted octanol–water partition coefficient (Wildman–Crippen LogP) is 15.0. The summed E-state index contributed by atoms with van der Waals surface area (Å²) in [5.41, 5.74) is 15.4. The molecule has 0 aliphatic heterocycles. The Hall–Kier alpha value is -8.08. The van der Waals surface area contributed by atoms with Crippen LogP contribution in [0.3, 0.4) is 0 Å². The van der Waals surface area contributed by atoms with Crippen molar-refractivity contribution in [1.29, 1.82) is 0 Å². The molecule has 4 nitrogen and oxygen atoms in total. The van der Waals surface area contributed by atoms with E-state index in [4.69, 9.17) is 14.4 Å². The average Bonchev–Trinajstić information content (AvgIpc) is 3.87. The smallest absolute Gasteiger partial charge is 0.161 e. The Labute approximate surface area is 346 Å². The number of furan rings is 1. The first kappa shape index (κ1) is 34.0. The molecule has 0 unspecified atom stereocenters. The summed E-state index contributed by atoms with van der Waals surface area (Å²) < 4.78 is 9.46. The van der Waals surface area contributed by atoms with Crippen molar-refractivity contribution in [3.63, 3.8) is 0 Å². The molecule has 0 N–H and O–H groups in total. The lowest BCUT2D eigenvalue weighted by Gasteiger charge is -2.12. The molecule has 12 aromatic rings. The van der Waals surface area contributed by atoms with Crippen LogP contribution in [0.25, 0.3) is 116 Å². The van der Waals surface area contributed by atoms with Gasteiger partial charge in [-0.1, -0.05) is 170 Å². The van der Waals surface area contributed by atoms with Gasteiger partial charge in [-0.3, -0.25) is 0 Å². The molecule has 9 aromatic carbocycles. The number of hydrogen-bond donors (Lipinski definition) is 0. The summed E-state index contributed by atoms with van der Waals surface area (Å²) in [7, 11) is 0. The second-order valence-electron chi connectivity index (χ2n) is 15.3. The Morgan fingerprint density at radius 3 is 1.68 bits per heavy atom. The van der Waals surface area contributed by atoms with Gasteiger partial charge in [0.05, 0.1) is 27.9 Å². The first-order valence-corrected chi connectivity index (χ1v) is 20.3. The molecule has 0 aliphatic carbocycles. The van der Waals surface area contributed by atoms with Crippen LogP contribution in [0.15, 0.2) is 217 Å². The van der Waals surface area contributed by atoms with E-state index >= 15 is 0 Å². The third-order valence-electron chi connectivity index (χ3n) is 11.8. The minimum atomic E-state index is 0.650. The van der Waals surface area contributed by atoms with Crippen LogP contribution in [0.5, 0.6) is 0 Å². The predicted molar refractivity (Wildman–Crippen MR) is 248 cm³/mol. The highest BCUT2D eigenvalue weighted by atomic mass is 16.3. The highest BCUT2D eigenvalue weighted by molar-refractivity contribution is 6.17. The Balaban J connectivity index is 1.10. The first-order chi connectivity index (χ1) is 29.7. The van der Waals surface area contributed by atoms with Gasteiger partial charge in [0.25, 0.3) is 0 Å². The van der Waals surface area contributed by atoms with Crippen molar-refractivity contribution in [3.8, 4) is 61.7 Å². The lowest BCUT2D eigenvalue weighted by molar-refractivity contribution is 0.666. The van der Waals surface area contributed by atoms with E-state index in [2.05, 4.69) is 199 Å². The van der Waals surface area contributed by atoms with E-state index in [9.17, 15) is 0 Å². The largest absolute Gasteiger partial charge is 0.454 e. The van der Waals surface area contributed by atoms with Crippen molar-refractivity contribution in [2.45, 2.75) is 0 Å². The normalized spacial score (nSPS) is 11.7. The van der Waals surface area contributed by atoms with Gasteiger partial charge in [-0.25, -0.2) is 9.97 Å². The van der Waals surface area contributed by atoms with Gasteiger partial charge in [-0.05, 0) is 75.8 Å². The van der Waals surface area contributed by atoms with Gasteiger partial charge in [-0.2, -0.15) is 0 Å². The van der Waals surface area contributed by atoms with Crippen molar-refractivity contribution in [1.82, 2.24) is 14.5 Å². The molecule has 0 saturated heterocycles. The van der Waals surface area contributed by atoms with Crippen molar-refractivity contribution in [3.05, 3.63) is 212 Å². The van der Waals surface area contributed by atoms with Crippen molar-refractivity contribution in [2.75, 3.05) is 0 Å². The highest BCUT2D eigenvalue weighted by Gasteiger charge is 2.23. The van der Waals surface area contributed by atoms with Crippen molar-refractivity contribution >= 4 is 54.6 Å². The molecule has 4 heteroatoms. The van der Waals surface area contributed by atoms with E-state index in [1.54, 1.807) is 0 Å². The molecule has 0 atom stereocenters. The summed E-state index contributed by atoms with van der Waals surface area (Å²) in [6.07, 6.45) is 0. The molecule has 0 spiro atoms. The fourth-order valence-corrected chi connectivity index (χ4v) is 8.97. The van der Waals surface area contributed by atoms with Crippen LogP contribution in [0, 0.1) is 0 Å². The zero-order valence-electron chi connectivity index (χ0n) is 32.5. The van der Waals surface area contributed by atoms with E-state index in [1.807, 2.05) is 18.2 Å². The van der Waals surface area contributed by atoms with E-state index < -0.39 is 0 Å². The summed E-state index contributed by atoms with van der Waals surface area (Å²) in [6, 6.07) is 74.9. The summed E-state index contributed by atoms with van der Waals surface area (Å²) in [4.78, 5) is 10.7. The molecule has 0 amide bonds. The number of aromatic nitrogens is 3. The molecule has 0 aliphatic rings. The summed E-state index contributed by atoms with van der Waals surface area (Å²) in [5, 5.41) is 5.39. The van der Waals surface area contributed by atoms with E-state index in [1.165, 1.54) is 27.5 Å². The van der Waals surface area contributed by atoms with Gasteiger partial charge in [0.1, 0.15) is 5.58 Å². The maximum absolute atomic E-state index is 7.10. The van der Waals surface area contributed by atoms with Crippen LogP contribution in [-0.4, -0.2) is 14.5 Å². The van der Waals surface area contributed by atoms with Crippen LogP contribution in [0.1, 0.15) is 0 Å². The Bertz CT molecular complexity index is 3570. The average molecular weight is 766 g/mol. The minimum absolute atomic E-state index is 0.650. The van der Waals surface area contributed by atoms with Gasteiger partial charge < -0.3 is 8.98 Å². The van der Waals surface area contributed by atoms with E-state index in [0.717, 1.165) is 83.1 Å². The van der Waals surface area contributed by atoms with Crippen molar-refractivity contribution in [2.24, 2.45) is 0 Å². The zero-order valence-corrected chi connectivity index (χ0v) is 32.5. The standard InChI is InChI=1S/C56H35N3O/c1-4-15-36(16-5-1)39-27-29-40(30-28-39)54-44-22-10-12-24-48(44)57-56(58-54)47-34-42(38-19-8-3-9-20-38)35-52-53(47)45-23-14-26-51(55(45)60-52)59-49-25-13-11-21-43(49)46-33-41(31-32-50(46)59)37-17-6-2-7-18-37/h1-35H. The molecule has 3 aromatic heterocycles. The molecule has 0 radical (unpaired) electrons. The third kappa shape index (κ3) is 5.53. The monoisotopic (exact) mass is 765 g/mol. The van der Waals surface area contributed by atoms with Gasteiger partial charge in [0.15, 0.2) is 11.4 Å². The van der Waals surface area contributed by atoms with Crippen molar-refractivity contribution < 1.29 is 4.42 Å². The lowest BCUT2D eigenvalue weighted by atomic mass is 9.97. The molecule has 280 valence electrons. The van der Waals surface area contributed by atoms with Gasteiger partial charge in [-0.15, -0.1) is 0 Å². The van der Waals surface area contributed by atoms with Crippen LogP contribution in [0.2, 0.25) is 0 Å². The summed E-state index contributed by atoms with van der Waals surface area (Å²) in [5.74, 6) is 0.650. The van der Waals surface area contributed by atoms with Crippen LogP contribution < -0.4 is 0 Å². The van der Waals surface area contributed by atoms with Gasteiger partial charge in [0, 0.05) is 38.1 Å². The SMILES string of the molecule is c1ccc(-c2ccc(-c3nc(-c4cc(-c5ccccc5)cc5oc6c(-n7c8ccccc8c8cc(-c9ccccc9)ccc87)cccc6c45)nc4ccccc34)cc2)cc1. The molecule has 3 heterocycles. The van der Waals surface area contributed by atoms with Crippen LogP contribution in [-0.2, 0) is 0 Å². The summed E-state index contributed by atoms with van der Waals surface area (Å²) >= 11 is 0. The molecular weight excluding hydrogens is 731 g/mol. The molecule has 0 saturated carbocycles. The van der Waals surface area contributed by atoms with Gasteiger partial charge in [0.2, 0.25) is 0 Å². The fourth-order valence-electron chi connectivity index (χ4n) is 8.97. The zero-order chi connectivity index (χ0) is 39.6. The second kappa shape index (κ2) is 13.8. The Morgan fingerprint density at radius 1 is 0.367 bits per heavy atom.